The fourth-order valence-electron chi connectivity index (χ4n) is 2.89. The maximum absolute atomic E-state index is 3.62. The van der Waals surface area contributed by atoms with E-state index in [0.717, 1.165) is 24.1 Å². The number of hydrogen-bond acceptors (Lipinski definition) is 3. The lowest BCUT2D eigenvalue weighted by Gasteiger charge is -2.35. The minimum absolute atomic E-state index is 0.360. The molecule has 2 atom stereocenters. The van der Waals surface area contributed by atoms with Gasteiger partial charge in [0.05, 0.1) is 0 Å². The molecule has 0 radical (unpaired) electrons. The number of nitrogens with zero attached hydrogens (tertiary/aromatic N) is 2. The molecule has 3 nitrogen and oxygen atoms in total. The molecule has 0 saturated heterocycles. The van der Waals surface area contributed by atoms with E-state index < -0.39 is 0 Å². The summed E-state index contributed by atoms with van der Waals surface area (Å²) in [5.74, 6) is 0. The third kappa shape index (κ3) is 5.28. The van der Waals surface area contributed by atoms with Gasteiger partial charge in [0, 0.05) is 35.3 Å². The first-order chi connectivity index (χ1) is 9.90. The highest BCUT2D eigenvalue weighted by Gasteiger charge is 2.19. The monoisotopic (exact) mass is 355 g/mol. The summed E-state index contributed by atoms with van der Waals surface area (Å²) in [7, 11) is 4.26. The second-order valence-electron chi connectivity index (χ2n) is 5.88. The van der Waals surface area contributed by atoms with Gasteiger partial charge in [0.15, 0.2) is 0 Å². The second kappa shape index (κ2) is 8.76. The molecular weight excluding hydrogens is 326 g/mol. The van der Waals surface area contributed by atoms with Gasteiger partial charge >= 0.3 is 0 Å². The van der Waals surface area contributed by atoms with E-state index in [1.54, 1.807) is 0 Å². The molecule has 0 fully saturated rings. The quantitative estimate of drug-likeness (QED) is 0.762. The summed E-state index contributed by atoms with van der Waals surface area (Å²) in [5.41, 5.74) is 2.70. The molecule has 1 rings (SSSR count). The molecule has 0 aliphatic heterocycles. The topological polar surface area (TPSA) is 18.5 Å². The van der Waals surface area contributed by atoms with Crippen LogP contribution in [0.5, 0.6) is 0 Å². The predicted molar refractivity (Wildman–Crippen MR) is 97.3 cm³/mol. The van der Waals surface area contributed by atoms with Crippen molar-refractivity contribution in [1.82, 2.24) is 10.2 Å². The van der Waals surface area contributed by atoms with E-state index in [4.69, 9.17) is 0 Å². The van der Waals surface area contributed by atoms with Crippen molar-refractivity contribution < 1.29 is 0 Å². The first kappa shape index (κ1) is 18.5. The van der Waals surface area contributed by atoms with Crippen LogP contribution >= 0.6 is 15.9 Å². The van der Waals surface area contributed by atoms with Crippen molar-refractivity contribution in [3.05, 3.63) is 28.2 Å². The van der Waals surface area contributed by atoms with Gasteiger partial charge in [-0.2, -0.15) is 0 Å². The van der Waals surface area contributed by atoms with Crippen molar-refractivity contribution in [2.45, 2.75) is 39.8 Å². The van der Waals surface area contributed by atoms with E-state index in [2.05, 4.69) is 91.0 Å². The Bertz CT molecular complexity index is 434. The molecule has 2 unspecified atom stereocenters. The minimum atomic E-state index is 0.360. The summed E-state index contributed by atoms with van der Waals surface area (Å²) >= 11 is 3.62. The van der Waals surface area contributed by atoms with Crippen LogP contribution in [0.4, 0.5) is 5.69 Å². The van der Waals surface area contributed by atoms with E-state index in [9.17, 15) is 0 Å². The number of benzene rings is 1. The van der Waals surface area contributed by atoms with Gasteiger partial charge in [-0.05, 0) is 59.1 Å². The Morgan fingerprint density at radius 2 is 1.86 bits per heavy atom. The van der Waals surface area contributed by atoms with Crippen LogP contribution in [0.2, 0.25) is 0 Å². The van der Waals surface area contributed by atoms with E-state index in [1.165, 1.54) is 11.3 Å². The lowest BCUT2D eigenvalue weighted by atomic mass is 10.0. The molecule has 0 aromatic heterocycles. The van der Waals surface area contributed by atoms with Gasteiger partial charge < -0.3 is 15.1 Å². The maximum Gasteiger partial charge on any atom is 0.0428 e. The number of nitrogens with one attached hydrogen (secondary N) is 1. The molecule has 1 N–H and O–H groups in total. The van der Waals surface area contributed by atoms with Gasteiger partial charge in [-0.3, -0.25) is 0 Å². The smallest absolute Gasteiger partial charge is 0.0428 e. The molecule has 0 amide bonds. The first-order valence-corrected chi connectivity index (χ1v) is 8.64. The van der Waals surface area contributed by atoms with Gasteiger partial charge in [-0.25, -0.2) is 0 Å². The van der Waals surface area contributed by atoms with Crippen molar-refractivity contribution in [3.63, 3.8) is 0 Å². The Labute approximate surface area is 138 Å². The number of likely N-dealkylation sites (N-methyl/N-ethyl adjacent to an activating group) is 2. The Hall–Kier alpha value is -0.580. The van der Waals surface area contributed by atoms with E-state index in [1.807, 2.05) is 0 Å². The number of anilines is 1. The molecular formula is C17H30BrN3. The van der Waals surface area contributed by atoms with Gasteiger partial charge in [-0.15, -0.1) is 0 Å². The summed E-state index contributed by atoms with van der Waals surface area (Å²) < 4.78 is 1.14. The molecule has 0 aliphatic rings. The fraction of sp³-hybridized carbons (Fsp3) is 0.647. The summed E-state index contributed by atoms with van der Waals surface area (Å²) in [6, 6.07) is 7.46. The third-order valence-corrected chi connectivity index (χ3v) is 4.27. The van der Waals surface area contributed by atoms with E-state index in [-0.39, 0.29) is 0 Å². The van der Waals surface area contributed by atoms with Crippen molar-refractivity contribution in [2.24, 2.45) is 0 Å². The van der Waals surface area contributed by atoms with Crippen molar-refractivity contribution in [3.8, 4) is 0 Å². The highest BCUT2D eigenvalue weighted by Crippen LogP contribution is 2.31. The average molecular weight is 356 g/mol. The maximum atomic E-state index is 3.62. The summed E-state index contributed by atoms with van der Waals surface area (Å²) in [5, 5.41) is 3.53. The lowest BCUT2D eigenvalue weighted by Crippen LogP contribution is -2.41. The standard InChI is InChI=1S/C17H30BrN3/c1-7-19-14(4)16-10-9-15(18)11-17(16)21(8-2)13(3)12-20(5)6/h9-11,13-14,19H,7-8,12H2,1-6H3. The Balaban J connectivity index is 3.14. The molecule has 0 aliphatic carbocycles. The predicted octanol–water partition coefficient (Wildman–Crippen LogP) is 3.90. The van der Waals surface area contributed by atoms with Crippen LogP contribution in [0.3, 0.4) is 0 Å². The molecule has 0 saturated carbocycles. The van der Waals surface area contributed by atoms with Gasteiger partial charge in [0.2, 0.25) is 0 Å². The molecule has 4 heteroatoms. The highest BCUT2D eigenvalue weighted by molar-refractivity contribution is 9.10. The summed E-state index contributed by atoms with van der Waals surface area (Å²) in [4.78, 5) is 4.74. The molecule has 0 spiro atoms. The normalized spacial score (nSPS) is 14.3. The molecule has 21 heavy (non-hydrogen) atoms. The minimum Gasteiger partial charge on any atom is -0.368 e. The van der Waals surface area contributed by atoms with E-state index >= 15 is 0 Å². The number of hydrogen-bond donors (Lipinski definition) is 1. The van der Waals surface area contributed by atoms with Crippen molar-refractivity contribution in [2.75, 3.05) is 38.6 Å². The van der Waals surface area contributed by atoms with Crippen molar-refractivity contribution >= 4 is 21.6 Å². The lowest BCUT2D eigenvalue weighted by molar-refractivity contribution is 0.372. The number of halogens is 1. The van der Waals surface area contributed by atoms with Crippen LogP contribution < -0.4 is 10.2 Å². The van der Waals surface area contributed by atoms with Crippen LogP contribution in [-0.4, -0.2) is 44.7 Å². The number of rotatable bonds is 8. The van der Waals surface area contributed by atoms with Crippen LogP contribution in [0.25, 0.3) is 0 Å². The third-order valence-electron chi connectivity index (χ3n) is 3.78. The zero-order valence-electron chi connectivity index (χ0n) is 14.3. The van der Waals surface area contributed by atoms with Crippen LogP contribution in [-0.2, 0) is 0 Å². The Morgan fingerprint density at radius 1 is 1.19 bits per heavy atom. The summed E-state index contributed by atoms with van der Waals surface area (Å²) in [6.45, 7) is 12.0. The zero-order chi connectivity index (χ0) is 16.0. The van der Waals surface area contributed by atoms with Gasteiger partial charge in [-0.1, -0.05) is 28.9 Å². The van der Waals surface area contributed by atoms with Crippen LogP contribution in [0, 0.1) is 0 Å². The first-order valence-electron chi connectivity index (χ1n) is 7.84. The van der Waals surface area contributed by atoms with Gasteiger partial charge in [0.25, 0.3) is 0 Å². The largest absolute Gasteiger partial charge is 0.368 e. The SMILES string of the molecule is CCNC(C)c1ccc(Br)cc1N(CC)C(C)CN(C)C. The van der Waals surface area contributed by atoms with E-state index in [0.29, 0.717) is 12.1 Å². The van der Waals surface area contributed by atoms with Crippen LogP contribution in [0.1, 0.15) is 39.3 Å². The highest BCUT2D eigenvalue weighted by atomic mass is 79.9. The van der Waals surface area contributed by atoms with Gasteiger partial charge in [0.1, 0.15) is 0 Å². The van der Waals surface area contributed by atoms with Crippen molar-refractivity contribution in [1.29, 1.82) is 0 Å². The zero-order valence-corrected chi connectivity index (χ0v) is 15.9. The Morgan fingerprint density at radius 3 is 2.38 bits per heavy atom. The molecule has 1 aromatic carbocycles. The molecule has 0 heterocycles. The second-order valence-corrected chi connectivity index (χ2v) is 6.80. The Kier molecular flexibility index (Phi) is 7.71. The average Bonchev–Trinajstić information content (AvgIpc) is 2.39. The fourth-order valence-corrected chi connectivity index (χ4v) is 3.24. The van der Waals surface area contributed by atoms with Crippen LogP contribution in [0.15, 0.2) is 22.7 Å². The molecule has 120 valence electrons. The molecule has 1 aromatic rings. The molecule has 0 bridgehead atoms. The summed E-state index contributed by atoms with van der Waals surface area (Å²) in [6.07, 6.45) is 0.